The van der Waals surface area contributed by atoms with Gasteiger partial charge in [-0.25, -0.2) is 0 Å². The van der Waals surface area contributed by atoms with E-state index in [2.05, 4.69) is 84.9 Å². The topological polar surface area (TPSA) is 26.0 Å². The minimum Gasteiger partial charge on any atom is -0.327 e. The van der Waals surface area contributed by atoms with Crippen LogP contribution in [0.1, 0.15) is 22.6 Å². The molecule has 3 aromatic rings. The molecule has 23 heavy (non-hydrogen) atoms. The molecule has 0 aliphatic carbocycles. The van der Waals surface area contributed by atoms with Crippen molar-refractivity contribution < 1.29 is 0 Å². The molecule has 0 aromatic heterocycles. The fourth-order valence-corrected chi connectivity index (χ4v) is 3.11. The minimum atomic E-state index is 0.0972. The average Bonchev–Trinajstić information content (AvgIpc) is 2.62. The van der Waals surface area contributed by atoms with Gasteiger partial charge < -0.3 is 5.73 Å². The van der Waals surface area contributed by atoms with E-state index in [-0.39, 0.29) is 6.04 Å². The summed E-state index contributed by atoms with van der Waals surface area (Å²) in [6.07, 6.45) is 1.87. The smallest absolute Gasteiger partial charge is 0.0152 e. The fraction of sp³-hybridized carbons (Fsp3) is 0.182. The molecule has 0 amide bonds. The van der Waals surface area contributed by atoms with Crippen LogP contribution in [-0.4, -0.2) is 6.04 Å². The maximum absolute atomic E-state index is 6.63. The number of hydrogen-bond acceptors (Lipinski definition) is 1. The monoisotopic (exact) mass is 301 g/mol. The zero-order valence-corrected chi connectivity index (χ0v) is 13.3. The first kappa shape index (κ1) is 15.5. The third-order valence-corrected chi connectivity index (χ3v) is 4.36. The third-order valence-electron chi connectivity index (χ3n) is 4.36. The summed E-state index contributed by atoms with van der Waals surface area (Å²) in [4.78, 5) is 0. The second-order valence-electron chi connectivity index (χ2n) is 6.06. The van der Waals surface area contributed by atoms with E-state index >= 15 is 0 Å². The Bertz CT molecular complexity index is 692. The summed E-state index contributed by atoms with van der Waals surface area (Å²) in [7, 11) is 0. The van der Waals surface area contributed by atoms with Crippen molar-refractivity contribution in [2.75, 3.05) is 0 Å². The van der Waals surface area contributed by atoms with E-state index in [4.69, 9.17) is 5.73 Å². The van der Waals surface area contributed by atoms with E-state index in [1.54, 1.807) is 0 Å². The van der Waals surface area contributed by atoms with Crippen molar-refractivity contribution in [1.82, 2.24) is 0 Å². The first-order valence-corrected chi connectivity index (χ1v) is 8.21. The lowest BCUT2D eigenvalue weighted by Crippen LogP contribution is -2.32. The van der Waals surface area contributed by atoms with Gasteiger partial charge in [-0.1, -0.05) is 91.0 Å². The highest BCUT2D eigenvalue weighted by Crippen LogP contribution is 2.25. The number of rotatable bonds is 6. The van der Waals surface area contributed by atoms with Gasteiger partial charge >= 0.3 is 0 Å². The Balaban J connectivity index is 1.82. The van der Waals surface area contributed by atoms with Gasteiger partial charge in [-0.2, -0.15) is 0 Å². The molecule has 0 aliphatic heterocycles. The molecule has 3 rings (SSSR count). The highest BCUT2D eigenvalue weighted by molar-refractivity contribution is 5.27. The lowest BCUT2D eigenvalue weighted by Gasteiger charge is -2.25. The van der Waals surface area contributed by atoms with E-state index in [1.807, 2.05) is 6.07 Å². The van der Waals surface area contributed by atoms with Gasteiger partial charge in [0.05, 0.1) is 0 Å². The van der Waals surface area contributed by atoms with Crippen molar-refractivity contribution in [3.05, 3.63) is 108 Å². The summed E-state index contributed by atoms with van der Waals surface area (Å²) in [5.41, 5.74) is 10.6. The summed E-state index contributed by atoms with van der Waals surface area (Å²) in [5.74, 6) is 0.318. The van der Waals surface area contributed by atoms with E-state index < -0.39 is 0 Å². The second-order valence-corrected chi connectivity index (χ2v) is 6.06. The average molecular weight is 301 g/mol. The normalized spacial score (nSPS) is 13.4. The molecule has 116 valence electrons. The molecule has 0 bridgehead atoms. The molecule has 0 saturated heterocycles. The fourth-order valence-electron chi connectivity index (χ4n) is 3.11. The summed E-state index contributed by atoms with van der Waals surface area (Å²) in [6, 6.07) is 31.9. The summed E-state index contributed by atoms with van der Waals surface area (Å²) >= 11 is 0. The predicted molar refractivity (Wildman–Crippen MR) is 97.5 cm³/mol. The largest absolute Gasteiger partial charge is 0.327 e. The van der Waals surface area contributed by atoms with Crippen LogP contribution in [0.2, 0.25) is 0 Å². The predicted octanol–water partition coefficient (Wildman–Crippen LogP) is 4.58. The van der Waals surface area contributed by atoms with E-state index in [0.717, 1.165) is 12.8 Å². The molecule has 2 atom stereocenters. The second kappa shape index (κ2) is 7.75. The van der Waals surface area contributed by atoms with Gasteiger partial charge in [0, 0.05) is 12.0 Å². The van der Waals surface area contributed by atoms with Crippen LogP contribution in [0.4, 0.5) is 0 Å². The molecular formula is C22H23N. The van der Waals surface area contributed by atoms with Crippen LogP contribution < -0.4 is 5.73 Å². The Morgan fingerprint density at radius 3 is 1.52 bits per heavy atom. The van der Waals surface area contributed by atoms with Gasteiger partial charge in [-0.3, -0.25) is 0 Å². The number of benzene rings is 3. The Morgan fingerprint density at radius 2 is 1.00 bits per heavy atom. The molecule has 0 aliphatic rings. The van der Waals surface area contributed by atoms with Crippen molar-refractivity contribution in [3.8, 4) is 0 Å². The number of nitrogens with two attached hydrogens (primary N) is 1. The standard InChI is InChI=1S/C22H23N/c23-22(17-19-12-6-2-7-13-19)21(20-14-8-3-9-15-20)16-18-10-4-1-5-11-18/h1-15,21-22H,16-17,23H2. The van der Waals surface area contributed by atoms with Gasteiger partial charge in [-0.15, -0.1) is 0 Å². The van der Waals surface area contributed by atoms with Crippen molar-refractivity contribution >= 4 is 0 Å². The van der Waals surface area contributed by atoms with Crippen LogP contribution in [-0.2, 0) is 12.8 Å². The van der Waals surface area contributed by atoms with Crippen molar-refractivity contribution in [1.29, 1.82) is 0 Å². The lowest BCUT2D eigenvalue weighted by molar-refractivity contribution is 0.525. The van der Waals surface area contributed by atoms with Gasteiger partial charge in [0.2, 0.25) is 0 Å². The van der Waals surface area contributed by atoms with Crippen molar-refractivity contribution in [2.24, 2.45) is 5.73 Å². The zero-order valence-electron chi connectivity index (χ0n) is 13.3. The molecule has 0 fully saturated rings. The highest BCUT2D eigenvalue weighted by Gasteiger charge is 2.20. The van der Waals surface area contributed by atoms with Gasteiger partial charge in [0.15, 0.2) is 0 Å². The van der Waals surface area contributed by atoms with Gasteiger partial charge in [-0.05, 0) is 29.5 Å². The molecule has 1 nitrogen and oxygen atoms in total. The molecule has 3 aromatic carbocycles. The molecule has 0 radical (unpaired) electrons. The number of hydrogen-bond donors (Lipinski definition) is 1. The van der Waals surface area contributed by atoms with Crippen LogP contribution >= 0.6 is 0 Å². The van der Waals surface area contributed by atoms with Crippen LogP contribution in [0.25, 0.3) is 0 Å². The van der Waals surface area contributed by atoms with Crippen LogP contribution in [0.3, 0.4) is 0 Å². The lowest BCUT2D eigenvalue weighted by atomic mass is 9.83. The molecule has 2 N–H and O–H groups in total. The van der Waals surface area contributed by atoms with Crippen molar-refractivity contribution in [2.45, 2.75) is 24.8 Å². The SMILES string of the molecule is NC(Cc1ccccc1)C(Cc1ccccc1)c1ccccc1. The third kappa shape index (κ3) is 4.30. The molecule has 1 heteroatoms. The minimum absolute atomic E-state index is 0.0972. The first-order chi connectivity index (χ1) is 11.3. The van der Waals surface area contributed by atoms with Crippen LogP contribution in [0.15, 0.2) is 91.0 Å². The molecule has 0 heterocycles. The molecular weight excluding hydrogens is 278 g/mol. The van der Waals surface area contributed by atoms with Crippen LogP contribution in [0.5, 0.6) is 0 Å². The van der Waals surface area contributed by atoms with Crippen LogP contribution in [0, 0.1) is 0 Å². The molecule has 0 saturated carbocycles. The summed E-state index contributed by atoms with van der Waals surface area (Å²) < 4.78 is 0. The highest BCUT2D eigenvalue weighted by atomic mass is 14.6. The Labute approximate surface area is 138 Å². The molecule has 0 spiro atoms. The maximum atomic E-state index is 6.63. The Kier molecular flexibility index (Phi) is 5.23. The summed E-state index contributed by atoms with van der Waals surface area (Å²) in [6.45, 7) is 0. The Morgan fingerprint density at radius 1 is 0.565 bits per heavy atom. The van der Waals surface area contributed by atoms with E-state index in [9.17, 15) is 0 Å². The van der Waals surface area contributed by atoms with E-state index in [1.165, 1.54) is 16.7 Å². The van der Waals surface area contributed by atoms with E-state index in [0.29, 0.717) is 5.92 Å². The zero-order chi connectivity index (χ0) is 15.9. The molecule has 2 unspecified atom stereocenters. The summed E-state index contributed by atoms with van der Waals surface area (Å²) in [5, 5.41) is 0. The van der Waals surface area contributed by atoms with Crippen molar-refractivity contribution in [3.63, 3.8) is 0 Å². The quantitative estimate of drug-likeness (QED) is 0.708. The Hall–Kier alpha value is -2.38. The van der Waals surface area contributed by atoms with Gasteiger partial charge in [0.25, 0.3) is 0 Å². The maximum Gasteiger partial charge on any atom is 0.0152 e. The van der Waals surface area contributed by atoms with Gasteiger partial charge in [0.1, 0.15) is 0 Å². The first-order valence-electron chi connectivity index (χ1n) is 8.21.